The Bertz CT molecular complexity index is 371. The number of hydrogen-bond donors (Lipinski definition) is 0. The van der Waals surface area contributed by atoms with Crippen LogP contribution in [0.1, 0.15) is 31.2 Å². The van der Waals surface area contributed by atoms with E-state index in [1.807, 2.05) is 18.2 Å². The van der Waals surface area contributed by atoms with E-state index in [1.165, 1.54) is 32.2 Å². The standard InChI is InChI=1S/C15H19N/c1-16-13-7-3-6-10-15(16)12-11-14-8-4-2-5-9-14/h2,4-5,8-9,15H,3,6-7,10,13H2,1H3. The Hall–Kier alpha value is -1.26. The van der Waals surface area contributed by atoms with Crippen LogP contribution in [-0.2, 0) is 0 Å². The van der Waals surface area contributed by atoms with E-state index in [2.05, 4.69) is 35.9 Å². The molecule has 1 fully saturated rings. The average Bonchev–Trinajstić information content (AvgIpc) is 2.53. The molecule has 1 atom stereocenters. The number of nitrogens with zero attached hydrogens (tertiary/aromatic N) is 1. The van der Waals surface area contributed by atoms with Gasteiger partial charge in [0.15, 0.2) is 0 Å². The quantitative estimate of drug-likeness (QED) is 0.599. The van der Waals surface area contributed by atoms with Crippen LogP contribution in [0, 0.1) is 11.8 Å². The number of rotatable bonds is 0. The molecule has 1 aromatic rings. The van der Waals surface area contributed by atoms with Crippen LogP contribution in [0.4, 0.5) is 0 Å². The highest BCUT2D eigenvalue weighted by Gasteiger charge is 2.14. The molecule has 0 saturated carbocycles. The van der Waals surface area contributed by atoms with Crippen LogP contribution in [-0.4, -0.2) is 24.5 Å². The zero-order chi connectivity index (χ0) is 11.2. The van der Waals surface area contributed by atoms with E-state index < -0.39 is 0 Å². The van der Waals surface area contributed by atoms with Gasteiger partial charge in [0.05, 0.1) is 6.04 Å². The van der Waals surface area contributed by atoms with Gasteiger partial charge in [0, 0.05) is 5.56 Å². The molecule has 0 N–H and O–H groups in total. The van der Waals surface area contributed by atoms with Gasteiger partial charge in [-0.05, 0) is 38.6 Å². The molecule has 0 radical (unpaired) electrons. The molecule has 1 unspecified atom stereocenters. The number of hydrogen-bond acceptors (Lipinski definition) is 1. The van der Waals surface area contributed by atoms with E-state index in [9.17, 15) is 0 Å². The highest BCUT2D eigenvalue weighted by Crippen LogP contribution is 2.14. The van der Waals surface area contributed by atoms with E-state index in [1.54, 1.807) is 0 Å². The first-order chi connectivity index (χ1) is 7.86. The molecule has 0 amide bonds. The SMILES string of the molecule is CN1CCCCCC1C#Cc1ccccc1. The summed E-state index contributed by atoms with van der Waals surface area (Å²) < 4.78 is 0. The second-order valence-corrected chi connectivity index (χ2v) is 4.48. The number of likely N-dealkylation sites (tertiary alicyclic amines) is 1. The minimum atomic E-state index is 0.447. The van der Waals surface area contributed by atoms with Crippen molar-refractivity contribution >= 4 is 0 Å². The van der Waals surface area contributed by atoms with Gasteiger partial charge < -0.3 is 0 Å². The molecule has 1 saturated heterocycles. The Balaban J connectivity index is 2.05. The third-order valence-electron chi connectivity index (χ3n) is 3.18. The fourth-order valence-electron chi connectivity index (χ4n) is 2.12. The molecule has 1 aliphatic rings. The maximum atomic E-state index is 3.40. The first-order valence-electron chi connectivity index (χ1n) is 6.13. The highest BCUT2D eigenvalue weighted by molar-refractivity contribution is 5.34. The predicted molar refractivity (Wildman–Crippen MR) is 68.2 cm³/mol. The van der Waals surface area contributed by atoms with Crippen molar-refractivity contribution in [1.82, 2.24) is 4.90 Å². The third-order valence-corrected chi connectivity index (χ3v) is 3.18. The van der Waals surface area contributed by atoms with Gasteiger partial charge in [0.1, 0.15) is 0 Å². The summed E-state index contributed by atoms with van der Waals surface area (Å²) in [6, 6.07) is 10.7. The lowest BCUT2D eigenvalue weighted by Crippen LogP contribution is -2.29. The molecule has 0 aromatic heterocycles. The Labute approximate surface area is 98.5 Å². The first-order valence-corrected chi connectivity index (χ1v) is 6.13. The normalized spacial score (nSPS) is 21.9. The lowest BCUT2D eigenvalue weighted by Gasteiger charge is -2.20. The van der Waals surface area contributed by atoms with Crippen LogP contribution >= 0.6 is 0 Å². The van der Waals surface area contributed by atoms with Crippen molar-refractivity contribution < 1.29 is 0 Å². The summed E-state index contributed by atoms with van der Waals surface area (Å²) in [5.74, 6) is 6.68. The van der Waals surface area contributed by atoms with Crippen LogP contribution in [0.3, 0.4) is 0 Å². The smallest absolute Gasteiger partial charge is 0.0715 e. The highest BCUT2D eigenvalue weighted by atomic mass is 15.1. The van der Waals surface area contributed by atoms with Crippen LogP contribution in [0.25, 0.3) is 0 Å². The van der Waals surface area contributed by atoms with Gasteiger partial charge in [-0.15, -0.1) is 0 Å². The molecule has 0 aliphatic carbocycles. The maximum absolute atomic E-state index is 3.40. The van der Waals surface area contributed by atoms with Crippen LogP contribution < -0.4 is 0 Å². The van der Waals surface area contributed by atoms with Gasteiger partial charge in [-0.1, -0.05) is 42.9 Å². The Morgan fingerprint density at radius 1 is 1.12 bits per heavy atom. The molecular formula is C15H19N. The van der Waals surface area contributed by atoms with Gasteiger partial charge >= 0.3 is 0 Å². The largest absolute Gasteiger partial charge is 0.293 e. The lowest BCUT2D eigenvalue weighted by atomic mass is 10.1. The zero-order valence-corrected chi connectivity index (χ0v) is 9.95. The molecule has 1 aliphatic heterocycles. The van der Waals surface area contributed by atoms with Gasteiger partial charge in [-0.2, -0.15) is 0 Å². The summed E-state index contributed by atoms with van der Waals surface area (Å²) in [7, 11) is 2.19. The van der Waals surface area contributed by atoms with Crippen molar-refractivity contribution in [1.29, 1.82) is 0 Å². The summed E-state index contributed by atoms with van der Waals surface area (Å²) in [6.45, 7) is 1.19. The predicted octanol–water partition coefficient (Wildman–Crippen LogP) is 2.91. The Morgan fingerprint density at radius 3 is 2.75 bits per heavy atom. The van der Waals surface area contributed by atoms with Gasteiger partial charge in [0.2, 0.25) is 0 Å². The molecule has 2 rings (SSSR count). The molecular weight excluding hydrogens is 194 g/mol. The van der Waals surface area contributed by atoms with Crippen molar-refractivity contribution in [2.75, 3.05) is 13.6 Å². The van der Waals surface area contributed by atoms with Crippen molar-refractivity contribution in [3.8, 4) is 11.8 Å². The van der Waals surface area contributed by atoms with Crippen molar-refractivity contribution in [2.45, 2.75) is 31.7 Å². The zero-order valence-electron chi connectivity index (χ0n) is 9.95. The summed E-state index contributed by atoms with van der Waals surface area (Å²) in [6.07, 6.45) is 5.21. The topological polar surface area (TPSA) is 3.24 Å². The second-order valence-electron chi connectivity index (χ2n) is 4.48. The monoisotopic (exact) mass is 213 g/mol. The van der Waals surface area contributed by atoms with Gasteiger partial charge in [-0.3, -0.25) is 4.90 Å². The first kappa shape index (κ1) is 11.2. The van der Waals surface area contributed by atoms with E-state index >= 15 is 0 Å². The molecule has 0 spiro atoms. The van der Waals surface area contributed by atoms with Crippen LogP contribution in [0.5, 0.6) is 0 Å². The van der Waals surface area contributed by atoms with Gasteiger partial charge in [-0.25, -0.2) is 0 Å². The minimum absolute atomic E-state index is 0.447. The third kappa shape index (κ3) is 3.12. The Morgan fingerprint density at radius 2 is 1.94 bits per heavy atom. The fraction of sp³-hybridized carbons (Fsp3) is 0.467. The molecule has 1 heteroatoms. The Kier molecular flexibility index (Phi) is 4.02. The minimum Gasteiger partial charge on any atom is -0.293 e. The lowest BCUT2D eigenvalue weighted by molar-refractivity contribution is 0.297. The van der Waals surface area contributed by atoms with Crippen molar-refractivity contribution in [3.63, 3.8) is 0 Å². The summed E-state index contributed by atoms with van der Waals surface area (Å²) >= 11 is 0. The van der Waals surface area contributed by atoms with E-state index in [0.717, 1.165) is 5.56 Å². The fourth-order valence-corrected chi connectivity index (χ4v) is 2.12. The maximum Gasteiger partial charge on any atom is 0.0715 e. The summed E-state index contributed by atoms with van der Waals surface area (Å²) in [4.78, 5) is 2.39. The van der Waals surface area contributed by atoms with E-state index in [-0.39, 0.29) is 0 Å². The summed E-state index contributed by atoms with van der Waals surface area (Å²) in [5, 5.41) is 0. The van der Waals surface area contributed by atoms with E-state index in [4.69, 9.17) is 0 Å². The average molecular weight is 213 g/mol. The molecule has 0 bridgehead atoms. The number of benzene rings is 1. The van der Waals surface area contributed by atoms with Gasteiger partial charge in [0.25, 0.3) is 0 Å². The molecule has 16 heavy (non-hydrogen) atoms. The van der Waals surface area contributed by atoms with Crippen LogP contribution in [0.15, 0.2) is 30.3 Å². The molecule has 1 heterocycles. The van der Waals surface area contributed by atoms with Crippen molar-refractivity contribution in [3.05, 3.63) is 35.9 Å². The second kappa shape index (κ2) is 5.72. The molecule has 1 nitrogen and oxygen atoms in total. The van der Waals surface area contributed by atoms with Crippen molar-refractivity contribution in [2.24, 2.45) is 0 Å². The van der Waals surface area contributed by atoms with E-state index in [0.29, 0.717) is 6.04 Å². The van der Waals surface area contributed by atoms with Crippen LogP contribution in [0.2, 0.25) is 0 Å². The summed E-state index contributed by atoms with van der Waals surface area (Å²) in [5.41, 5.74) is 1.13. The molecule has 1 aromatic carbocycles. The molecule has 84 valence electrons.